The summed E-state index contributed by atoms with van der Waals surface area (Å²) in [5, 5.41) is 12.1. The van der Waals surface area contributed by atoms with E-state index in [2.05, 4.69) is 31.3 Å². The summed E-state index contributed by atoms with van der Waals surface area (Å²) in [5.74, 6) is -0.0558. The second-order valence-corrected chi connectivity index (χ2v) is 8.91. The lowest BCUT2D eigenvalue weighted by Crippen LogP contribution is -2.42. The standard InChI is InChI=1S/C28H29NO5/c1-18(2)16-33-20-13-11-19(12-14-20)15-26(27(30)31)29-28(32)34-17-25-23-9-5-3-7-21(23)22-8-4-6-10-24(22)25/h3-14,18,25-26H,15-17H2,1-2H3,(H,29,32)(H,30,31)/t26-/m0/s1. The molecule has 0 saturated carbocycles. The van der Waals surface area contributed by atoms with Gasteiger partial charge in [0.2, 0.25) is 0 Å². The monoisotopic (exact) mass is 459 g/mol. The van der Waals surface area contributed by atoms with E-state index in [1.54, 1.807) is 0 Å². The predicted octanol–water partition coefficient (Wildman–Crippen LogP) is 5.26. The highest BCUT2D eigenvalue weighted by molar-refractivity contribution is 5.81. The minimum absolute atomic E-state index is 0.0835. The van der Waals surface area contributed by atoms with E-state index in [-0.39, 0.29) is 18.9 Å². The van der Waals surface area contributed by atoms with Gasteiger partial charge in [-0.05, 0) is 45.9 Å². The van der Waals surface area contributed by atoms with E-state index < -0.39 is 18.1 Å². The molecule has 1 amide bonds. The van der Waals surface area contributed by atoms with Crippen LogP contribution in [0.25, 0.3) is 11.1 Å². The van der Waals surface area contributed by atoms with Gasteiger partial charge in [-0.15, -0.1) is 0 Å². The first-order valence-electron chi connectivity index (χ1n) is 11.5. The Balaban J connectivity index is 1.36. The average Bonchev–Trinajstić information content (AvgIpc) is 3.15. The molecule has 1 aliphatic carbocycles. The predicted molar refractivity (Wildman–Crippen MR) is 130 cm³/mol. The molecule has 2 N–H and O–H groups in total. The summed E-state index contributed by atoms with van der Waals surface area (Å²) in [5.41, 5.74) is 5.26. The molecule has 34 heavy (non-hydrogen) atoms. The summed E-state index contributed by atoms with van der Waals surface area (Å²) in [4.78, 5) is 24.3. The molecule has 0 heterocycles. The summed E-state index contributed by atoms with van der Waals surface area (Å²) < 4.78 is 11.2. The maximum absolute atomic E-state index is 12.5. The minimum Gasteiger partial charge on any atom is -0.493 e. The van der Waals surface area contributed by atoms with Crippen LogP contribution >= 0.6 is 0 Å². The molecular formula is C28H29NO5. The lowest BCUT2D eigenvalue weighted by Gasteiger charge is -2.18. The van der Waals surface area contributed by atoms with E-state index in [4.69, 9.17) is 9.47 Å². The minimum atomic E-state index is -1.12. The molecule has 1 atom stereocenters. The fraction of sp³-hybridized carbons (Fsp3) is 0.286. The van der Waals surface area contributed by atoms with Crippen molar-refractivity contribution in [1.29, 1.82) is 0 Å². The number of hydrogen-bond donors (Lipinski definition) is 2. The van der Waals surface area contributed by atoms with E-state index in [1.165, 1.54) is 0 Å². The molecule has 0 unspecified atom stereocenters. The van der Waals surface area contributed by atoms with E-state index in [0.717, 1.165) is 33.6 Å². The molecule has 0 radical (unpaired) electrons. The number of rotatable bonds is 9. The van der Waals surface area contributed by atoms with Crippen molar-refractivity contribution in [1.82, 2.24) is 5.32 Å². The maximum Gasteiger partial charge on any atom is 0.407 e. The number of nitrogens with one attached hydrogen (secondary N) is 1. The molecular weight excluding hydrogens is 430 g/mol. The number of hydrogen-bond acceptors (Lipinski definition) is 4. The second kappa shape index (κ2) is 10.4. The van der Waals surface area contributed by atoms with Gasteiger partial charge in [0.15, 0.2) is 0 Å². The number of amides is 1. The lowest BCUT2D eigenvalue weighted by atomic mass is 9.98. The Labute approximate surface area is 199 Å². The first-order valence-corrected chi connectivity index (χ1v) is 11.5. The number of aliphatic carboxylic acids is 1. The Morgan fingerprint density at radius 3 is 2.06 bits per heavy atom. The number of carboxylic acid groups (broad SMARTS) is 1. The topological polar surface area (TPSA) is 84.9 Å². The van der Waals surface area contributed by atoms with Crippen molar-refractivity contribution in [3.05, 3.63) is 89.5 Å². The summed E-state index contributed by atoms with van der Waals surface area (Å²) in [7, 11) is 0. The molecule has 0 spiro atoms. The molecule has 0 aliphatic heterocycles. The van der Waals surface area contributed by atoms with Gasteiger partial charge >= 0.3 is 12.1 Å². The molecule has 4 rings (SSSR count). The van der Waals surface area contributed by atoms with Crippen molar-refractivity contribution in [3.63, 3.8) is 0 Å². The van der Waals surface area contributed by atoms with Crippen LogP contribution in [-0.4, -0.2) is 36.4 Å². The highest BCUT2D eigenvalue weighted by atomic mass is 16.5. The third kappa shape index (κ3) is 5.39. The number of carbonyl (C=O) groups excluding carboxylic acids is 1. The van der Waals surface area contributed by atoms with Gasteiger partial charge < -0.3 is 19.9 Å². The van der Waals surface area contributed by atoms with Crippen molar-refractivity contribution >= 4 is 12.1 Å². The van der Waals surface area contributed by atoms with Gasteiger partial charge in [0.25, 0.3) is 0 Å². The number of benzene rings is 3. The van der Waals surface area contributed by atoms with E-state index in [1.807, 2.05) is 60.7 Å². The Hall–Kier alpha value is -3.80. The average molecular weight is 460 g/mol. The molecule has 176 valence electrons. The molecule has 3 aromatic carbocycles. The fourth-order valence-corrected chi connectivity index (χ4v) is 4.20. The Morgan fingerprint density at radius 2 is 1.50 bits per heavy atom. The second-order valence-electron chi connectivity index (χ2n) is 8.91. The van der Waals surface area contributed by atoms with Crippen LogP contribution in [0, 0.1) is 5.92 Å². The fourth-order valence-electron chi connectivity index (χ4n) is 4.20. The van der Waals surface area contributed by atoms with Gasteiger partial charge in [-0.3, -0.25) is 0 Å². The van der Waals surface area contributed by atoms with Gasteiger partial charge in [0, 0.05) is 12.3 Å². The van der Waals surface area contributed by atoms with Gasteiger partial charge in [0.1, 0.15) is 18.4 Å². The van der Waals surface area contributed by atoms with Crippen LogP contribution in [0.1, 0.15) is 36.5 Å². The van der Waals surface area contributed by atoms with Gasteiger partial charge in [-0.1, -0.05) is 74.5 Å². The SMILES string of the molecule is CC(C)COc1ccc(C[C@H](NC(=O)OCC2c3ccccc3-c3ccccc32)C(=O)O)cc1. The van der Waals surface area contributed by atoms with Crippen LogP contribution in [0.3, 0.4) is 0 Å². The summed E-state index contributed by atoms with van der Waals surface area (Å²) >= 11 is 0. The molecule has 1 aliphatic rings. The third-order valence-electron chi connectivity index (χ3n) is 5.88. The zero-order chi connectivity index (χ0) is 24.1. The van der Waals surface area contributed by atoms with Crippen LogP contribution in [0.2, 0.25) is 0 Å². The van der Waals surface area contributed by atoms with E-state index >= 15 is 0 Å². The van der Waals surface area contributed by atoms with Gasteiger partial charge in [0.05, 0.1) is 6.61 Å². The first-order chi connectivity index (χ1) is 16.4. The smallest absolute Gasteiger partial charge is 0.407 e. The van der Waals surface area contributed by atoms with E-state index in [0.29, 0.717) is 12.5 Å². The number of ether oxygens (including phenoxy) is 2. The summed E-state index contributed by atoms with van der Waals surface area (Å²) in [6.45, 7) is 4.89. The van der Waals surface area contributed by atoms with Crippen molar-refractivity contribution in [2.24, 2.45) is 5.92 Å². The summed E-state index contributed by atoms with van der Waals surface area (Å²) in [6, 6.07) is 22.3. The molecule has 6 nitrogen and oxygen atoms in total. The Bertz CT molecular complexity index is 1110. The molecule has 3 aromatic rings. The number of carboxylic acids is 1. The van der Waals surface area contributed by atoms with Crippen molar-refractivity contribution in [2.75, 3.05) is 13.2 Å². The van der Waals surface area contributed by atoms with Crippen LogP contribution in [0.4, 0.5) is 4.79 Å². The van der Waals surface area contributed by atoms with Crippen LogP contribution in [-0.2, 0) is 16.0 Å². The van der Waals surface area contributed by atoms with Crippen molar-refractivity contribution in [2.45, 2.75) is 32.2 Å². The quantitative estimate of drug-likeness (QED) is 0.456. The molecule has 6 heteroatoms. The van der Waals surface area contributed by atoms with Gasteiger partial charge in [-0.25, -0.2) is 9.59 Å². The van der Waals surface area contributed by atoms with Gasteiger partial charge in [-0.2, -0.15) is 0 Å². The van der Waals surface area contributed by atoms with Crippen molar-refractivity contribution in [3.8, 4) is 16.9 Å². The summed E-state index contributed by atoms with van der Waals surface area (Å²) in [6.07, 6.45) is -0.601. The molecule has 0 aromatic heterocycles. The maximum atomic E-state index is 12.5. The number of alkyl carbamates (subject to hydrolysis) is 1. The van der Waals surface area contributed by atoms with E-state index in [9.17, 15) is 14.7 Å². The molecule has 0 fully saturated rings. The third-order valence-corrected chi connectivity index (χ3v) is 5.88. The van der Waals surface area contributed by atoms with Crippen molar-refractivity contribution < 1.29 is 24.2 Å². The number of carbonyl (C=O) groups is 2. The highest BCUT2D eigenvalue weighted by Crippen LogP contribution is 2.44. The molecule has 0 saturated heterocycles. The lowest BCUT2D eigenvalue weighted by molar-refractivity contribution is -0.139. The largest absolute Gasteiger partial charge is 0.493 e. The zero-order valence-corrected chi connectivity index (χ0v) is 19.4. The zero-order valence-electron chi connectivity index (χ0n) is 19.4. The Kier molecular flexibility index (Phi) is 7.16. The first kappa shape index (κ1) is 23.4. The van der Waals surface area contributed by atoms with Crippen LogP contribution in [0.5, 0.6) is 5.75 Å². The normalized spacial score (nSPS) is 13.1. The Morgan fingerprint density at radius 1 is 0.912 bits per heavy atom. The number of fused-ring (bicyclic) bond motifs is 3. The van der Waals surface area contributed by atoms with Crippen LogP contribution < -0.4 is 10.1 Å². The highest BCUT2D eigenvalue weighted by Gasteiger charge is 2.29. The van der Waals surface area contributed by atoms with Crippen LogP contribution in [0.15, 0.2) is 72.8 Å². The molecule has 0 bridgehead atoms.